The largest absolute Gasteiger partial charge is 0.484 e. The number of amides is 1. The minimum Gasteiger partial charge on any atom is -0.484 e. The summed E-state index contributed by atoms with van der Waals surface area (Å²) in [6.07, 6.45) is 1.52. The number of hydrogen-bond donors (Lipinski definition) is 2. The molecule has 0 fully saturated rings. The zero-order valence-corrected chi connectivity index (χ0v) is 19.0. The molecule has 10 heteroatoms. The third kappa shape index (κ3) is 7.71. The third-order valence-corrected chi connectivity index (χ3v) is 3.74. The first kappa shape index (κ1) is 23.7. The molecule has 0 aliphatic rings. The summed E-state index contributed by atoms with van der Waals surface area (Å²) in [6.45, 7) is 3.78. The Kier molecular flexibility index (Phi) is 10.3. The average molecular weight is 501 g/mol. The van der Waals surface area contributed by atoms with Crippen LogP contribution in [0.25, 0.3) is 0 Å². The molecule has 1 aromatic carbocycles. The zero-order valence-electron chi connectivity index (χ0n) is 16.7. The van der Waals surface area contributed by atoms with E-state index in [1.165, 1.54) is 11.2 Å². The Morgan fingerprint density at radius 3 is 2.75 bits per heavy atom. The summed E-state index contributed by atoms with van der Waals surface area (Å²) in [5.74, 6) is 2.08. The van der Waals surface area contributed by atoms with Gasteiger partial charge in [0, 0.05) is 27.7 Å². The fourth-order valence-corrected chi connectivity index (χ4v) is 2.16. The minimum absolute atomic E-state index is 0. The summed E-state index contributed by atoms with van der Waals surface area (Å²) in [7, 11) is 5.25. The topological polar surface area (TPSA) is 96.7 Å². The van der Waals surface area contributed by atoms with E-state index in [1.54, 1.807) is 18.8 Å². The van der Waals surface area contributed by atoms with Crippen molar-refractivity contribution in [2.45, 2.75) is 20.0 Å². The molecule has 0 saturated heterocycles. The summed E-state index contributed by atoms with van der Waals surface area (Å²) in [5, 5.41) is 10.5. The third-order valence-electron chi connectivity index (χ3n) is 3.74. The van der Waals surface area contributed by atoms with Crippen LogP contribution >= 0.6 is 24.0 Å². The van der Waals surface area contributed by atoms with Crippen LogP contribution in [0.3, 0.4) is 0 Å². The molecule has 0 atom stereocenters. The van der Waals surface area contributed by atoms with Crippen LogP contribution in [-0.2, 0) is 24.9 Å². The second kappa shape index (κ2) is 12.2. The number of guanidine groups is 1. The monoisotopic (exact) mass is 501 g/mol. The van der Waals surface area contributed by atoms with E-state index in [2.05, 4.69) is 25.7 Å². The van der Waals surface area contributed by atoms with Crippen LogP contribution in [0.1, 0.15) is 18.3 Å². The molecule has 0 bridgehead atoms. The van der Waals surface area contributed by atoms with E-state index < -0.39 is 0 Å². The highest BCUT2D eigenvalue weighted by Gasteiger charge is 2.06. The molecule has 0 spiro atoms. The molecule has 0 unspecified atom stereocenters. The van der Waals surface area contributed by atoms with Crippen LogP contribution in [-0.4, -0.2) is 58.8 Å². The number of carbonyl (C=O) groups excluding carboxylic acids is 1. The highest BCUT2D eigenvalue weighted by atomic mass is 127. The lowest BCUT2D eigenvalue weighted by Crippen LogP contribution is -2.37. The molecule has 1 heterocycles. The first-order valence-electron chi connectivity index (χ1n) is 8.76. The van der Waals surface area contributed by atoms with Gasteiger partial charge in [-0.3, -0.25) is 9.48 Å². The van der Waals surface area contributed by atoms with Crippen molar-refractivity contribution in [3.63, 3.8) is 0 Å². The van der Waals surface area contributed by atoms with Crippen LogP contribution in [0, 0.1) is 0 Å². The average Bonchev–Trinajstić information content (AvgIpc) is 3.07. The smallest absolute Gasteiger partial charge is 0.259 e. The number of ether oxygens (including phenoxy) is 1. The highest BCUT2D eigenvalue weighted by Crippen LogP contribution is 2.14. The van der Waals surface area contributed by atoms with E-state index in [-0.39, 0.29) is 36.5 Å². The van der Waals surface area contributed by atoms with Crippen molar-refractivity contribution in [3.05, 3.63) is 42.0 Å². The number of likely N-dealkylation sites (N-methyl/N-ethyl adjacent to an activating group) is 1. The Balaban J connectivity index is 0.00000392. The van der Waals surface area contributed by atoms with Gasteiger partial charge < -0.3 is 20.3 Å². The lowest BCUT2D eigenvalue weighted by atomic mass is 10.2. The number of rotatable bonds is 8. The molecule has 0 aliphatic heterocycles. The van der Waals surface area contributed by atoms with Crippen molar-refractivity contribution in [3.8, 4) is 5.75 Å². The summed E-state index contributed by atoms with van der Waals surface area (Å²) in [4.78, 5) is 21.9. The van der Waals surface area contributed by atoms with E-state index in [0.29, 0.717) is 24.8 Å². The van der Waals surface area contributed by atoms with Crippen LogP contribution in [0.15, 0.2) is 35.6 Å². The van der Waals surface area contributed by atoms with E-state index in [0.717, 1.165) is 17.9 Å². The fourth-order valence-electron chi connectivity index (χ4n) is 2.16. The maximum absolute atomic E-state index is 11.6. The van der Waals surface area contributed by atoms with E-state index in [4.69, 9.17) is 4.74 Å². The minimum atomic E-state index is -0.0826. The number of aryl methyl sites for hydroxylation is 1. The number of aromatic nitrogens is 3. The Morgan fingerprint density at radius 2 is 2.11 bits per heavy atom. The molecule has 2 rings (SSSR count). The Hall–Kier alpha value is -2.37. The molecule has 154 valence electrons. The summed E-state index contributed by atoms with van der Waals surface area (Å²) < 4.78 is 7.26. The molecule has 1 aromatic heterocycles. The van der Waals surface area contributed by atoms with Crippen LogP contribution < -0.4 is 15.4 Å². The van der Waals surface area contributed by atoms with Crippen molar-refractivity contribution in [1.29, 1.82) is 0 Å². The number of benzene rings is 1. The molecular formula is C18H28IN7O2. The molecule has 2 N–H and O–H groups in total. The number of halogens is 1. The van der Waals surface area contributed by atoms with Gasteiger partial charge in [-0.1, -0.05) is 12.1 Å². The normalized spacial score (nSPS) is 10.8. The van der Waals surface area contributed by atoms with Gasteiger partial charge in [0.1, 0.15) is 17.9 Å². The molecule has 28 heavy (non-hydrogen) atoms. The number of nitrogens with zero attached hydrogens (tertiary/aromatic N) is 5. The van der Waals surface area contributed by atoms with Crippen LogP contribution in [0.2, 0.25) is 0 Å². The quantitative estimate of drug-likeness (QED) is 0.320. The zero-order chi connectivity index (χ0) is 19.6. The number of nitrogens with one attached hydrogen (secondary N) is 2. The molecule has 9 nitrogen and oxygen atoms in total. The van der Waals surface area contributed by atoms with Crippen molar-refractivity contribution in [1.82, 2.24) is 30.3 Å². The van der Waals surface area contributed by atoms with Crippen molar-refractivity contribution in [2.75, 3.05) is 27.2 Å². The van der Waals surface area contributed by atoms with Gasteiger partial charge in [0.2, 0.25) is 0 Å². The van der Waals surface area contributed by atoms with Gasteiger partial charge in [0.25, 0.3) is 5.91 Å². The maximum atomic E-state index is 11.6. The van der Waals surface area contributed by atoms with Gasteiger partial charge >= 0.3 is 0 Å². The van der Waals surface area contributed by atoms with Crippen LogP contribution in [0.4, 0.5) is 0 Å². The summed E-state index contributed by atoms with van der Waals surface area (Å²) >= 11 is 0. The lowest BCUT2D eigenvalue weighted by molar-refractivity contribution is -0.130. The second-order valence-corrected chi connectivity index (χ2v) is 6.07. The van der Waals surface area contributed by atoms with Crippen LogP contribution in [0.5, 0.6) is 5.75 Å². The lowest BCUT2D eigenvalue weighted by Gasteiger charge is -2.12. The molecule has 0 radical (unpaired) electrons. The second-order valence-electron chi connectivity index (χ2n) is 6.07. The predicted octanol–water partition coefficient (Wildman–Crippen LogP) is 1.16. The first-order valence-corrected chi connectivity index (χ1v) is 8.76. The molecule has 1 amide bonds. The highest BCUT2D eigenvalue weighted by molar-refractivity contribution is 14.0. The van der Waals surface area contributed by atoms with Gasteiger partial charge in [0.05, 0.1) is 13.1 Å². The van der Waals surface area contributed by atoms with Gasteiger partial charge in [-0.05, 0) is 24.6 Å². The van der Waals surface area contributed by atoms with Crippen molar-refractivity contribution < 1.29 is 9.53 Å². The van der Waals surface area contributed by atoms with Gasteiger partial charge in [-0.15, -0.1) is 24.0 Å². The summed E-state index contributed by atoms with van der Waals surface area (Å²) in [6, 6.07) is 7.57. The van der Waals surface area contributed by atoms with Gasteiger partial charge in [0.15, 0.2) is 12.6 Å². The van der Waals surface area contributed by atoms with Gasteiger partial charge in [-0.2, -0.15) is 5.10 Å². The Labute approximate surface area is 182 Å². The molecule has 0 aliphatic carbocycles. The SMILES string of the molecule is CCNC(=NCc1cccc(OCC(=O)N(C)C)c1)NCc1ncnn1C.I. The van der Waals surface area contributed by atoms with Crippen molar-refractivity contribution >= 4 is 35.8 Å². The predicted molar refractivity (Wildman–Crippen MR) is 119 cm³/mol. The van der Waals surface area contributed by atoms with E-state index in [9.17, 15) is 4.79 Å². The number of hydrogen-bond acceptors (Lipinski definition) is 5. The van der Waals surface area contributed by atoms with Gasteiger partial charge in [-0.25, -0.2) is 9.98 Å². The number of aliphatic imine (C=N–C) groups is 1. The van der Waals surface area contributed by atoms with Crippen molar-refractivity contribution in [2.24, 2.45) is 12.0 Å². The summed E-state index contributed by atoms with van der Waals surface area (Å²) in [5.41, 5.74) is 0.987. The van der Waals surface area contributed by atoms with E-state index in [1.807, 2.05) is 38.2 Å². The molecule has 0 saturated carbocycles. The Bertz CT molecular complexity index is 777. The molecule has 2 aromatic rings. The fraction of sp³-hybridized carbons (Fsp3) is 0.444. The first-order chi connectivity index (χ1) is 13.0. The standard InChI is InChI=1S/C18H27N7O2.HI/c1-5-19-18(21-11-16-22-13-23-25(16)4)20-10-14-7-6-8-15(9-14)27-12-17(26)24(2)3;/h6-9,13H,5,10-12H2,1-4H3,(H2,19,20,21);1H. The van der Waals surface area contributed by atoms with E-state index >= 15 is 0 Å². The Morgan fingerprint density at radius 1 is 1.32 bits per heavy atom. The molecular weight excluding hydrogens is 473 g/mol. The maximum Gasteiger partial charge on any atom is 0.259 e. The number of carbonyl (C=O) groups is 1.